The zero-order valence-electron chi connectivity index (χ0n) is 22.2. The van der Waals surface area contributed by atoms with Crippen molar-refractivity contribution < 1.29 is 60.4 Å². The summed E-state index contributed by atoms with van der Waals surface area (Å²) in [5.41, 5.74) is -2.26. The van der Waals surface area contributed by atoms with E-state index in [9.17, 15) is 41.1 Å². The number of fused-ring (bicyclic) bond motifs is 1. The van der Waals surface area contributed by atoms with Crippen molar-refractivity contribution in [2.45, 2.75) is 32.3 Å². The Morgan fingerprint density at radius 3 is 2.45 bits per heavy atom. The smallest absolute Gasteiger partial charge is 0.433 e. The van der Waals surface area contributed by atoms with E-state index in [1.807, 2.05) is 0 Å². The number of esters is 1. The normalized spacial score (nSPS) is 14.3. The van der Waals surface area contributed by atoms with Crippen LogP contribution in [0.25, 0.3) is 0 Å². The number of aromatic nitrogens is 3. The number of alkyl halides is 3. The van der Waals surface area contributed by atoms with Gasteiger partial charge in [0.15, 0.2) is 17.4 Å². The summed E-state index contributed by atoms with van der Waals surface area (Å²) in [6.07, 6.45) is -3.95. The Morgan fingerprint density at radius 2 is 1.80 bits per heavy atom. The first kappa shape index (κ1) is 31.4. The number of carbonyl (C=O) groups is 3. The Balaban J connectivity index is 1.44. The number of aliphatic carboxylic acids is 1. The molecule has 1 unspecified atom stereocenters. The maximum absolute atomic E-state index is 14.7. The van der Waals surface area contributed by atoms with Crippen molar-refractivity contribution >= 4 is 23.8 Å². The summed E-state index contributed by atoms with van der Waals surface area (Å²) in [5.74, 6) is -6.87. The molecule has 232 valence electrons. The van der Waals surface area contributed by atoms with Gasteiger partial charge in [0.25, 0.3) is 0 Å². The quantitative estimate of drug-likeness (QED) is 0.159. The Bertz CT molecular complexity index is 1670. The van der Waals surface area contributed by atoms with E-state index in [1.54, 1.807) is 6.92 Å². The fourth-order valence-corrected chi connectivity index (χ4v) is 3.86. The molecule has 0 saturated carbocycles. The number of hydrogen-bond acceptors (Lipinski definition) is 10. The minimum Gasteiger partial charge on any atom is -0.478 e. The highest BCUT2D eigenvalue weighted by Crippen LogP contribution is 2.33. The van der Waals surface area contributed by atoms with Crippen LogP contribution in [0.15, 0.2) is 53.5 Å². The molecule has 1 atom stereocenters. The van der Waals surface area contributed by atoms with E-state index in [0.29, 0.717) is 18.2 Å². The summed E-state index contributed by atoms with van der Waals surface area (Å²) in [7, 11) is 0. The summed E-state index contributed by atoms with van der Waals surface area (Å²) in [5, 5.41) is 8.50. The Hall–Kier alpha value is -5.55. The molecular formula is C26H19F5N4O9. The average Bonchev–Trinajstić information content (AvgIpc) is 3.28. The van der Waals surface area contributed by atoms with Gasteiger partial charge in [-0.15, -0.1) is 0 Å². The molecule has 2 aromatic heterocycles. The molecule has 13 nitrogen and oxygen atoms in total. The van der Waals surface area contributed by atoms with Crippen LogP contribution in [-0.4, -0.2) is 50.5 Å². The molecule has 0 spiro atoms. The third-order valence-corrected chi connectivity index (χ3v) is 5.73. The first-order valence-corrected chi connectivity index (χ1v) is 12.2. The number of carbonyl (C=O) groups excluding carboxylic acids is 2. The first-order chi connectivity index (χ1) is 20.7. The third kappa shape index (κ3) is 7.44. The molecule has 0 fully saturated rings. The molecule has 4 rings (SSSR count). The van der Waals surface area contributed by atoms with Crippen LogP contribution in [0, 0.1) is 11.6 Å². The van der Waals surface area contributed by atoms with Gasteiger partial charge in [0.2, 0.25) is 12.7 Å². The van der Waals surface area contributed by atoms with E-state index in [1.165, 1.54) is 6.07 Å². The van der Waals surface area contributed by atoms with Crippen molar-refractivity contribution in [1.29, 1.82) is 0 Å². The molecule has 0 aliphatic carbocycles. The van der Waals surface area contributed by atoms with E-state index < -0.39 is 78.2 Å². The summed E-state index contributed by atoms with van der Waals surface area (Å²) in [6.45, 7) is 0.181. The summed E-state index contributed by atoms with van der Waals surface area (Å²) < 4.78 is 88.9. The number of carboxylic acid groups (broad SMARTS) is 1. The Kier molecular flexibility index (Phi) is 9.10. The Labute approximate surface area is 242 Å². The highest BCUT2D eigenvalue weighted by molar-refractivity contribution is 5.91. The van der Waals surface area contributed by atoms with Gasteiger partial charge in [-0.3, -0.25) is 14.5 Å². The van der Waals surface area contributed by atoms with Gasteiger partial charge in [0.05, 0.1) is 6.04 Å². The molecule has 0 radical (unpaired) electrons. The van der Waals surface area contributed by atoms with Crippen LogP contribution in [0.3, 0.4) is 0 Å². The molecule has 44 heavy (non-hydrogen) atoms. The predicted molar refractivity (Wildman–Crippen MR) is 135 cm³/mol. The Morgan fingerprint density at radius 1 is 1.09 bits per heavy atom. The lowest BCUT2D eigenvalue weighted by atomic mass is 10.2. The number of ether oxygens (including phenoxy) is 4. The highest BCUT2D eigenvalue weighted by atomic mass is 19.4. The van der Waals surface area contributed by atoms with Crippen molar-refractivity contribution in [2.75, 3.05) is 11.7 Å². The molecule has 1 aromatic carbocycles. The topological polar surface area (TPSA) is 159 Å². The van der Waals surface area contributed by atoms with Crippen LogP contribution < -0.4 is 20.1 Å². The van der Waals surface area contributed by atoms with Gasteiger partial charge in [-0.25, -0.2) is 28.0 Å². The van der Waals surface area contributed by atoms with Crippen LogP contribution in [0.2, 0.25) is 0 Å². The second kappa shape index (κ2) is 12.8. The van der Waals surface area contributed by atoms with Crippen molar-refractivity contribution in [3.05, 3.63) is 82.1 Å². The van der Waals surface area contributed by atoms with E-state index in [4.69, 9.17) is 19.3 Å². The average molecular weight is 626 g/mol. The molecule has 3 aromatic rings. The number of anilines is 1. The predicted octanol–water partition coefficient (Wildman–Crippen LogP) is 3.79. The third-order valence-electron chi connectivity index (χ3n) is 5.73. The second-order valence-corrected chi connectivity index (χ2v) is 8.88. The maximum Gasteiger partial charge on any atom is 0.433 e. The maximum atomic E-state index is 14.7. The molecule has 0 bridgehead atoms. The van der Waals surface area contributed by atoms with E-state index in [-0.39, 0.29) is 23.8 Å². The van der Waals surface area contributed by atoms with Gasteiger partial charge in [-0.05, 0) is 30.7 Å². The monoisotopic (exact) mass is 626 g/mol. The molecule has 1 aliphatic heterocycles. The first-order valence-electron chi connectivity index (χ1n) is 12.2. The van der Waals surface area contributed by atoms with Crippen molar-refractivity contribution in [1.82, 2.24) is 14.5 Å². The molecule has 0 saturated heterocycles. The minimum atomic E-state index is -4.81. The lowest BCUT2D eigenvalue weighted by Gasteiger charge is -2.20. The fraction of sp³-hybridized carbons (Fsp3) is 0.231. The number of rotatable bonds is 9. The number of nitrogens with zero attached hydrogens (tertiary/aromatic N) is 4. The van der Waals surface area contributed by atoms with Crippen molar-refractivity contribution in [3.8, 4) is 17.4 Å². The molecule has 1 amide bonds. The zero-order chi connectivity index (χ0) is 32.2. The molecule has 1 aliphatic rings. The van der Waals surface area contributed by atoms with Gasteiger partial charge in [0, 0.05) is 37.0 Å². The largest absolute Gasteiger partial charge is 0.478 e. The van der Waals surface area contributed by atoms with Crippen LogP contribution in [0.4, 0.5) is 32.6 Å². The number of halogens is 5. The van der Waals surface area contributed by atoms with Gasteiger partial charge in [0.1, 0.15) is 23.9 Å². The van der Waals surface area contributed by atoms with E-state index >= 15 is 0 Å². The molecule has 1 N–H and O–H groups in total. The van der Waals surface area contributed by atoms with Gasteiger partial charge < -0.3 is 24.1 Å². The van der Waals surface area contributed by atoms with Crippen LogP contribution >= 0.6 is 0 Å². The zero-order valence-corrected chi connectivity index (χ0v) is 22.2. The van der Waals surface area contributed by atoms with Crippen molar-refractivity contribution in [2.24, 2.45) is 0 Å². The van der Waals surface area contributed by atoms with Crippen LogP contribution in [0.1, 0.15) is 18.2 Å². The van der Waals surface area contributed by atoms with Crippen LogP contribution in [0.5, 0.6) is 17.4 Å². The van der Waals surface area contributed by atoms with Crippen molar-refractivity contribution in [3.63, 3.8) is 0 Å². The molecular weight excluding hydrogens is 607 g/mol. The SMILES string of the molecule is CC1Cn2c(cc(OCc3cc(F)c(Oc4ccnc(C(F)(F)F)c4)c(F)c3)nc2=O)N1C(=O)OCOC(=O)/C=C/C(=O)O. The standard InChI is InChI=1S/C26H19F5N4O9/c1-13-10-34-20(35(13)25(40)43-12-42-22(38)3-2-21(36)37)9-19(33-24(34)39)41-11-14-6-16(27)23(17(28)7-14)44-15-4-5-32-18(8-15)26(29,30)31/h2-9,13H,10-12H2,1H3,(H,36,37)/b3-2+. The summed E-state index contributed by atoms with van der Waals surface area (Å²) >= 11 is 0. The molecule has 3 heterocycles. The van der Waals surface area contributed by atoms with Crippen LogP contribution in [-0.2, 0) is 38.4 Å². The lowest BCUT2D eigenvalue weighted by Crippen LogP contribution is -2.36. The number of benzene rings is 1. The molecule has 18 heteroatoms. The summed E-state index contributed by atoms with van der Waals surface area (Å²) in [4.78, 5) is 55.0. The van der Waals surface area contributed by atoms with E-state index in [0.717, 1.165) is 33.9 Å². The fourth-order valence-electron chi connectivity index (χ4n) is 3.86. The number of amides is 1. The highest BCUT2D eigenvalue weighted by Gasteiger charge is 2.35. The van der Waals surface area contributed by atoms with Gasteiger partial charge >= 0.3 is 29.9 Å². The minimum absolute atomic E-state index is 0.0114. The number of pyridine rings is 1. The van der Waals surface area contributed by atoms with E-state index in [2.05, 4.69) is 14.7 Å². The lowest BCUT2D eigenvalue weighted by molar-refractivity contribution is -0.146. The summed E-state index contributed by atoms with van der Waals surface area (Å²) in [6, 6.07) is 3.60. The number of hydrogen-bond donors (Lipinski definition) is 1. The van der Waals surface area contributed by atoms with Gasteiger partial charge in [-0.1, -0.05) is 0 Å². The van der Waals surface area contributed by atoms with Gasteiger partial charge in [-0.2, -0.15) is 18.2 Å². The second-order valence-electron chi connectivity index (χ2n) is 8.88. The number of carboxylic acids is 1.